The van der Waals surface area contributed by atoms with E-state index in [4.69, 9.17) is 9.47 Å². The van der Waals surface area contributed by atoms with Crippen LogP contribution in [0.3, 0.4) is 0 Å². The molecule has 20 heavy (non-hydrogen) atoms. The molecule has 2 rings (SSSR count). The molecular weight excluding hydrogens is 254 g/mol. The van der Waals surface area contributed by atoms with Crippen LogP contribution in [0, 0.1) is 6.92 Å². The first-order valence-electron chi connectivity index (χ1n) is 6.51. The molecule has 0 saturated heterocycles. The maximum atomic E-state index is 9.57. The molecule has 4 heteroatoms. The lowest BCUT2D eigenvalue weighted by Gasteiger charge is -2.13. The third-order valence-electron chi connectivity index (χ3n) is 2.99. The van der Waals surface area contributed by atoms with Crippen LogP contribution in [0.25, 0.3) is 0 Å². The molecule has 1 aromatic carbocycles. The summed E-state index contributed by atoms with van der Waals surface area (Å²) in [5.74, 6) is 1.25. The summed E-state index contributed by atoms with van der Waals surface area (Å²) in [6, 6.07) is 11.2. The highest BCUT2D eigenvalue weighted by Crippen LogP contribution is 2.30. The predicted molar refractivity (Wildman–Crippen MR) is 76.9 cm³/mol. The van der Waals surface area contributed by atoms with Gasteiger partial charge >= 0.3 is 0 Å². The van der Waals surface area contributed by atoms with Gasteiger partial charge in [-0.15, -0.1) is 0 Å². The van der Waals surface area contributed by atoms with Gasteiger partial charge in [-0.2, -0.15) is 0 Å². The Bertz CT molecular complexity index is 582. The molecule has 1 atom stereocenters. The Hall–Kier alpha value is -2.07. The zero-order chi connectivity index (χ0) is 14.5. The summed E-state index contributed by atoms with van der Waals surface area (Å²) in [6.07, 6.45) is -0.531. The molecule has 0 aliphatic carbocycles. The highest BCUT2D eigenvalue weighted by atomic mass is 16.5. The molecule has 0 radical (unpaired) electrons. The molecule has 0 aliphatic heterocycles. The van der Waals surface area contributed by atoms with Gasteiger partial charge in [-0.05, 0) is 43.7 Å². The van der Waals surface area contributed by atoms with E-state index < -0.39 is 6.10 Å². The fourth-order valence-electron chi connectivity index (χ4n) is 1.89. The second-order valence-corrected chi connectivity index (χ2v) is 4.65. The molecule has 106 valence electrons. The molecular formula is C16H19NO3. The third kappa shape index (κ3) is 3.48. The molecule has 1 unspecified atom stereocenters. The predicted octanol–water partition coefficient (Wildman–Crippen LogP) is 3.03. The first-order chi connectivity index (χ1) is 9.60. The number of pyridine rings is 1. The van der Waals surface area contributed by atoms with Crippen molar-refractivity contribution in [1.82, 2.24) is 4.98 Å². The molecule has 0 fully saturated rings. The first-order valence-corrected chi connectivity index (χ1v) is 6.51. The van der Waals surface area contributed by atoms with Crippen LogP contribution in [0.4, 0.5) is 0 Å². The normalized spacial score (nSPS) is 12.0. The summed E-state index contributed by atoms with van der Waals surface area (Å²) in [6.45, 7) is 4.04. The van der Waals surface area contributed by atoms with Crippen molar-refractivity contribution in [3.63, 3.8) is 0 Å². The summed E-state index contributed by atoms with van der Waals surface area (Å²) < 4.78 is 11.0. The zero-order valence-corrected chi connectivity index (χ0v) is 12.0. The van der Waals surface area contributed by atoms with Gasteiger partial charge in [-0.25, -0.2) is 0 Å². The Morgan fingerprint density at radius 1 is 1.20 bits per heavy atom. The van der Waals surface area contributed by atoms with Gasteiger partial charge in [0.25, 0.3) is 0 Å². The Morgan fingerprint density at radius 3 is 2.65 bits per heavy atom. The lowest BCUT2D eigenvalue weighted by atomic mass is 10.1. The highest BCUT2D eigenvalue weighted by molar-refractivity contribution is 5.43. The third-order valence-corrected chi connectivity index (χ3v) is 2.99. The van der Waals surface area contributed by atoms with Crippen molar-refractivity contribution in [2.24, 2.45) is 0 Å². The number of hydrogen-bond acceptors (Lipinski definition) is 4. The second-order valence-electron chi connectivity index (χ2n) is 4.65. The molecule has 0 bridgehead atoms. The summed E-state index contributed by atoms with van der Waals surface area (Å²) in [7, 11) is 1.58. The van der Waals surface area contributed by atoms with Crippen LogP contribution in [-0.4, -0.2) is 17.2 Å². The van der Waals surface area contributed by atoms with Crippen LogP contribution < -0.4 is 9.47 Å². The maximum Gasteiger partial charge on any atom is 0.161 e. The Morgan fingerprint density at radius 2 is 2.00 bits per heavy atom. The minimum absolute atomic E-state index is 0.381. The number of aliphatic hydroxyl groups excluding tert-OH is 1. The van der Waals surface area contributed by atoms with Crippen LogP contribution in [0.1, 0.15) is 30.0 Å². The van der Waals surface area contributed by atoms with Gasteiger partial charge in [0.15, 0.2) is 11.5 Å². The average molecular weight is 273 g/mol. The van der Waals surface area contributed by atoms with E-state index in [0.717, 1.165) is 17.0 Å². The summed E-state index contributed by atoms with van der Waals surface area (Å²) in [5.41, 5.74) is 2.62. The van der Waals surface area contributed by atoms with Crippen LogP contribution in [0.15, 0.2) is 36.4 Å². The molecule has 0 amide bonds. The Balaban J connectivity index is 2.13. The minimum atomic E-state index is -0.531. The maximum absolute atomic E-state index is 9.57. The van der Waals surface area contributed by atoms with Crippen molar-refractivity contribution in [1.29, 1.82) is 0 Å². The number of hydrogen-bond donors (Lipinski definition) is 1. The van der Waals surface area contributed by atoms with Crippen molar-refractivity contribution in [2.75, 3.05) is 7.11 Å². The van der Waals surface area contributed by atoms with Gasteiger partial charge in [0.2, 0.25) is 0 Å². The van der Waals surface area contributed by atoms with E-state index in [1.165, 1.54) is 0 Å². The van der Waals surface area contributed by atoms with Crippen LogP contribution in [-0.2, 0) is 6.61 Å². The number of aryl methyl sites for hydroxylation is 1. The van der Waals surface area contributed by atoms with Crippen LogP contribution in [0.2, 0.25) is 0 Å². The molecule has 4 nitrogen and oxygen atoms in total. The van der Waals surface area contributed by atoms with E-state index in [1.54, 1.807) is 26.2 Å². The average Bonchev–Trinajstić information content (AvgIpc) is 2.45. The minimum Gasteiger partial charge on any atom is -0.493 e. The van der Waals surface area contributed by atoms with Gasteiger partial charge < -0.3 is 14.6 Å². The van der Waals surface area contributed by atoms with E-state index >= 15 is 0 Å². The smallest absolute Gasteiger partial charge is 0.161 e. The number of aliphatic hydroxyl groups is 1. The summed E-state index contributed by atoms with van der Waals surface area (Å²) >= 11 is 0. The van der Waals surface area contributed by atoms with Crippen molar-refractivity contribution >= 4 is 0 Å². The quantitative estimate of drug-likeness (QED) is 0.909. The zero-order valence-electron chi connectivity index (χ0n) is 12.0. The van der Waals surface area contributed by atoms with E-state index in [1.807, 2.05) is 31.2 Å². The van der Waals surface area contributed by atoms with Gasteiger partial charge in [0.1, 0.15) is 6.61 Å². The molecule has 2 aromatic rings. The van der Waals surface area contributed by atoms with Gasteiger partial charge in [-0.1, -0.05) is 12.1 Å². The molecule has 1 aromatic heterocycles. The lowest BCUT2D eigenvalue weighted by Crippen LogP contribution is -2.01. The van der Waals surface area contributed by atoms with Gasteiger partial charge in [-0.3, -0.25) is 4.98 Å². The molecule has 0 aliphatic rings. The van der Waals surface area contributed by atoms with Gasteiger partial charge in [0, 0.05) is 5.69 Å². The standard InChI is InChI=1S/C16H19NO3/c1-11-5-4-6-14(17-11)10-20-15-8-7-13(12(2)18)9-16(15)19-3/h4-9,12,18H,10H2,1-3H3. The second kappa shape index (κ2) is 6.39. The Labute approximate surface area is 119 Å². The van der Waals surface area contributed by atoms with Crippen LogP contribution in [0.5, 0.6) is 11.5 Å². The van der Waals surface area contributed by atoms with Crippen molar-refractivity contribution < 1.29 is 14.6 Å². The summed E-state index contributed by atoms with van der Waals surface area (Å²) in [5, 5.41) is 9.57. The van der Waals surface area contributed by atoms with Gasteiger partial charge in [0.05, 0.1) is 18.9 Å². The SMILES string of the molecule is COc1cc(C(C)O)ccc1OCc1cccc(C)n1. The molecule has 0 saturated carbocycles. The van der Waals surface area contributed by atoms with E-state index in [0.29, 0.717) is 18.1 Å². The van der Waals surface area contributed by atoms with E-state index in [2.05, 4.69) is 4.98 Å². The Kier molecular flexibility index (Phi) is 4.58. The van der Waals surface area contributed by atoms with E-state index in [-0.39, 0.29) is 0 Å². The largest absolute Gasteiger partial charge is 0.493 e. The lowest BCUT2D eigenvalue weighted by molar-refractivity contribution is 0.198. The van der Waals surface area contributed by atoms with Crippen LogP contribution >= 0.6 is 0 Å². The molecule has 0 spiro atoms. The van der Waals surface area contributed by atoms with Crippen molar-refractivity contribution in [2.45, 2.75) is 26.6 Å². The number of benzene rings is 1. The topological polar surface area (TPSA) is 51.6 Å². The van der Waals surface area contributed by atoms with Crippen molar-refractivity contribution in [3.05, 3.63) is 53.3 Å². The monoisotopic (exact) mass is 273 g/mol. The highest BCUT2D eigenvalue weighted by Gasteiger charge is 2.09. The van der Waals surface area contributed by atoms with Crippen molar-refractivity contribution in [3.8, 4) is 11.5 Å². The number of methoxy groups -OCH3 is 1. The number of ether oxygens (including phenoxy) is 2. The summed E-state index contributed by atoms with van der Waals surface area (Å²) in [4.78, 5) is 4.38. The fourth-order valence-corrected chi connectivity index (χ4v) is 1.89. The fraction of sp³-hybridized carbons (Fsp3) is 0.312. The van der Waals surface area contributed by atoms with E-state index in [9.17, 15) is 5.11 Å². The molecule has 1 N–H and O–H groups in total. The number of nitrogens with zero attached hydrogens (tertiary/aromatic N) is 1. The number of rotatable bonds is 5. The first kappa shape index (κ1) is 14.3. The molecule has 1 heterocycles. The number of aromatic nitrogens is 1.